The van der Waals surface area contributed by atoms with Gasteiger partial charge in [0.25, 0.3) is 0 Å². The number of halogens is 3. The highest BCUT2D eigenvalue weighted by Crippen LogP contribution is 2.05. The highest BCUT2D eigenvalue weighted by atomic mass is 19.4. The zero-order valence-corrected chi connectivity index (χ0v) is 6.20. The van der Waals surface area contributed by atoms with E-state index in [1.165, 1.54) is 0 Å². The molecule has 0 rings (SSSR count). The monoisotopic (exact) mass is 154 g/mol. The normalized spacial score (nSPS) is 12.6. The van der Waals surface area contributed by atoms with Gasteiger partial charge in [-0.2, -0.15) is 0 Å². The van der Waals surface area contributed by atoms with Gasteiger partial charge in [-0.25, -0.2) is 0 Å². The summed E-state index contributed by atoms with van der Waals surface area (Å²) in [6.45, 7) is -0.467. The first-order valence-corrected chi connectivity index (χ1v) is 3.33. The van der Waals surface area contributed by atoms with Crippen LogP contribution in [0.15, 0.2) is 0 Å². The second-order valence-electron chi connectivity index (χ2n) is 2.76. The van der Waals surface area contributed by atoms with E-state index in [4.69, 9.17) is 0 Å². The predicted octanol–water partition coefficient (Wildman–Crippen LogP) is 1.62. The summed E-state index contributed by atoms with van der Waals surface area (Å²) >= 11 is 0. The SMILES string of the molecule is CC(C)CNC[B-](F)(F)F. The summed E-state index contributed by atoms with van der Waals surface area (Å²) in [6, 6.07) is 0. The van der Waals surface area contributed by atoms with Gasteiger partial charge in [-0.15, -0.1) is 0 Å². The number of hydrogen-bond acceptors (Lipinski definition) is 1. The molecule has 0 heterocycles. The van der Waals surface area contributed by atoms with Gasteiger partial charge in [0.1, 0.15) is 0 Å². The summed E-state index contributed by atoms with van der Waals surface area (Å²) in [5.41, 5.74) is 0. The Hall–Kier alpha value is -0.185. The zero-order valence-electron chi connectivity index (χ0n) is 6.20. The van der Waals surface area contributed by atoms with Gasteiger partial charge in [-0.3, -0.25) is 0 Å². The molecule has 0 bridgehead atoms. The summed E-state index contributed by atoms with van der Waals surface area (Å²) in [5.74, 6) is 0.276. The molecule has 0 amide bonds. The summed E-state index contributed by atoms with van der Waals surface area (Å²) in [4.78, 5) is 0. The van der Waals surface area contributed by atoms with Crippen LogP contribution in [0.1, 0.15) is 13.8 Å². The maximum absolute atomic E-state index is 11.5. The minimum atomic E-state index is -4.64. The van der Waals surface area contributed by atoms with Gasteiger partial charge >= 0.3 is 6.98 Å². The minimum absolute atomic E-state index is 0.276. The van der Waals surface area contributed by atoms with Crippen molar-refractivity contribution in [2.75, 3.05) is 13.0 Å². The summed E-state index contributed by atoms with van der Waals surface area (Å²) in [6.07, 6.45) is -0.821. The van der Waals surface area contributed by atoms with Crippen LogP contribution in [0.3, 0.4) is 0 Å². The molecule has 0 aromatic rings. The molecule has 0 radical (unpaired) electrons. The van der Waals surface area contributed by atoms with E-state index in [0.29, 0.717) is 6.54 Å². The van der Waals surface area contributed by atoms with E-state index in [1.807, 2.05) is 13.8 Å². The Bertz CT molecular complexity index is 91.4. The average Bonchev–Trinajstić information content (AvgIpc) is 1.59. The Morgan fingerprint density at radius 3 is 2.10 bits per heavy atom. The van der Waals surface area contributed by atoms with Gasteiger partial charge < -0.3 is 18.3 Å². The summed E-state index contributed by atoms with van der Waals surface area (Å²) in [7, 11) is 0. The molecule has 0 aromatic carbocycles. The third kappa shape index (κ3) is 7.81. The van der Waals surface area contributed by atoms with E-state index in [1.54, 1.807) is 0 Å². The Morgan fingerprint density at radius 1 is 1.30 bits per heavy atom. The third-order valence-corrected chi connectivity index (χ3v) is 0.928. The first-order chi connectivity index (χ1) is 4.42. The number of rotatable bonds is 4. The zero-order chi connectivity index (χ0) is 8.20. The molecule has 10 heavy (non-hydrogen) atoms. The smallest absolute Gasteiger partial charge is 0.448 e. The van der Waals surface area contributed by atoms with Crippen LogP contribution in [0, 0.1) is 5.92 Å². The van der Waals surface area contributed by atoms with E-state index < -0.39 is 13.4 Å². The first kappa shape index (κ1) is 9.81. The van der Waals surface area contributed by atoms with Crippen molar-refractivity contribution in [3.63, 3.8) is 0 Å². The Labute approximate surface area is 59.1 Å². The fourth-order valence-electron chi connectivity index (χ4n) is 0.536. The van der Waals surface area contributed by atoms with Crippen LogP contribution in [0.2, 0.25) is 0 Å². The average molecular weight is 154 g/mol. The van der Waals surface area contributed by atoms with Crippen molar-refractivity contribution in [2.24, 2.45) is 5.92 Å². The van der Waals surface area contributed by atoms with Crippen molar-refractivity contribution >= 4 is 6.98 Å². The molecule has 0 unspecified atom stereocenters. The molecule has 0 fully saturated rings. The first-order valence-electron chi connectivity index (χ1n) is 3.33. The molecular weight excluding hydrogens is 142 g/mol. The van der Waals surface area contributed by atoms with Crippen LogP contribution in [-0.4, -0.2) is 20.0 Å². The molecule has 0 saturated carbocycles. The van der Waals surface area contributed by atoms with Gasteiger partial charge in [0.2, 0.25) is 0 Å². The number of hydrogen-bond donors (Lipinski definition) is 1. The molecule has 0 aliphatic rings. The van der Waals surface area contributed by atoms with Crippen molar-refractivity contribution in [1.29, 1.82) is 0 Å². The molecule has 0 spiro atoms. The molecule has 5 heteroatoms. The quantitative estimate of drug-likeness (QED) is 0.606. The van der Waals surface area contributed by atoms with Crippen LogP contribution >= 0.6 is 0 Å². The van der Waals surface area contributed by atoms with Crippen molar-refractivity contribution in [3.8, 4) is 0 Å². The van der Waals surface area contributed by atoms with Gasteiger partial charge in [-0.05, 0) is 18.9 Å². The standard InChI is InChI=1S/C5H12BF3N/c1-5(2)3-10-4-6(7,8)9/h5,10H,3-4H2,1-2H3/q-1. The van der Waals surface area contributed by atoms with Crippen LogP contribution in [-0.2, 0) is 0 Å². The topological polar surface area (TPSA) is 12.0 Å². The molecule has 0 aliphatic heterocycles. The Morgan fingerprint density at radius 2 is 1.80 bits per heavy atom. The van der Waals surface area contributed by atoms with E-state index in [2.05, 4.69) is 5.32 Å². The van der Waals surface area contributed by atoms with Crippen molar-refractivity contribution in [3.05, 3.63) is 0 Å². The lowest BCUT2D eigenvalue weighted by molar-refractivity contribution is 0.447. The molecule has 62 valence electrons. The lowest BCUT2D eigenvalue weighted by Gasteiger charge is -2.15. The van der Waals surface area contributed by atoms with Crippen molar-refractivity contribution in [1.82, 2.24) is 5.32 Å². The van der Waals surface area contributed by atoms with Crippen molar-refractivity contribution < 1.29 is 12.9 Å². The Kier molecular flexibility index (Phi) is 3.79. The highest BCUT2D eigenvalue weighted by Gasteiger charge is 2.21. The summed E-state index contributed by atoms with van der Waals surface area (Å²) in [5, 5.41) is 2.33. The maximum atomic E-state index is 11.5. The van der Waals surface area contributed by atoms with Gasteiger partial charge in [0, 0.05) is 0 Å². The molecule has 1 nitrogen and oxygen atoms in total. The van der Waals surface area contributed by atoms with E-state index in [9.17, 15) is 12.9 Å². The van der Waals surface area contributed by atoms with Crippen LogP contribution in [0.25, 0.3) is 0 Å². The van der Waals surface area contributed by atoms with Gasteiger partial charge in [-0.1, -0.05) is 13.8 Å². The van der Waals surface area contributed by atoms with Crippen molar-refractivity contribution in [2.45, 2.75) is 13.8 Å². The molecule has 1 N–H and O–H groups in total. The highest BCUT2D eigenvalue weighted by molar-refractivity contribution is 6.58. The predicted molar refractivity (Wildman–Crippen MR) is 36.8 cm³/mol. The van der Waals surface area contributed by atoms with Crippen LogP contribution in [0.4, 0.5) is 12.9 Å². The van der Waals surface area contributed by atoms with Gasteiger partial charge in [0.05, 0.1) is 0 Å². The minimum Gasteiger partial charge on any atom is -0.448 e. The van der Waals surface area contributed by atoms with Crippen LogP contribution in [0.5, 0.6) is 0 Å². The Balaban J connectivity index is 3.21. The second-order valence-corrected chi connectivity index (χ2v) is 2.76. The van der Waals surface area contributed by atoms with E-state index >= 15 is 0 Å². The molecule has 0 aromatic heterocycles. The van der Waals surface area contributed by atoms with Gasteiger partial charge in [0.15, 0.2) is 0 Å². The largest absolute Gasteiger partial charge is 0.491 e. The molecular formula is C5H12BF3N-. The lowest BCUT2D eigenvalue weighted by Crippen LogP contribution is -2.35. The fraction of sp³-hybridized carbons (Fsp3) is 1.00. The molecule has 0 aliphatic carbocycles. The van der Waals surface area contributed by atoms with E-state index in [-0.39, 0.29) is 5.92 Å². The maximum Gasteiger partial charge on any atom is 0.491 e. The lowest BCUT2D eigenvalue weighted by atomic mass is 9.92. The molecule has 0 saturated heterocycles. The fourth-order valence-corrected chi connectivity index (χ4v) is 0.536. The number of nitrogens with one attached hydrogen (secondary N) is 1. The third-order valence-electron chi connectivity index (χ3n) is 0.928. The van der Waals surface area contributed by atoms with Crippen LogP contribution < -0.4 is 5.32 Å². The second kappa shape index (κ2) is 3.86. The molecule has 0 atom stereocenters. The summed E-state index contributed by atoms with van der Waals surface area (Å²) < 4.78 is 34.5. The van der Waals surface area contributed by atoms with E-state index in [0.717, 1.165) is 0 Å².